The molecule has 0 aliphatic rings. The number of thiophene rings is 1. The van der Waals surface area contributed by atoms with Crippen LogP contribution >= 0.6 is 11.3 Å². The Kier molecular flexibility index (Phi) is 5.46. The largest absolute Gasteiger partial charge is 0.480 e. The van der Waals surface area contributed by atoms with Crippen molar-refractivity contribution in [3.63, 3.8) is 0 Å². The Morgan fingerprint density at radius 3 is 3.00 bits per heavy atom. The maximum Gasteiger partial charge on any atom is 0.320 e. The second kappa shape index (κ2) is 7.33. The molecule has 0 aliphatic carbocycles. The van der Waals surface area contributed by atoms with Gasteiger partial charge in [0.15, 0.2) is 0 Å². The first-order valence-electron chi connectivity index (χ1n) is 6.91. The molecule has 2 aromatic rings. The molecule has 21 heavy (non-hydrogen) atoms. The van der Waals surface area contributed by atoms with Gasteiger partial charge in [-0.2, -0.15) is 4.98 Å². The molecule has 0 saturated heterocycles. The summed E-state index contributed by atoms with van der Waals surface area (Å²) in [5, 5.41) is 15.0. The number of aliphatic carboxylic acids is 1. The van der Waals surface area contributed by atoms with E-state index in [1.165, 1.54) is 0 Å². The summed E-state index contributed by atoms with van der Waals surface area (Å²) >= 11 is 1.57. The lowest BCUT2D eigenvalue weighted by Crippen LogP contribution is -2.38. The van der Waals surface area contributed by atoms with Gasteiger partial charge in [-0.15, -0.1) is 11.3 Å². The fourth-order valence-corrected chi connectivity index (χ4v) is 2.82. The monoisotopic (exact) mass is 309 g/mol. The first-order valence-corrected chi connectivity index (χ1v) is 7.79. The number of nitrogens with zero attached hydrogens (tertiary/aromatic N) is 3. The topological polar surface area (TPSA) is 79.5 Å². The van der Waals surface area contributed by atoms with E-state index in [9.17, 15) is 4.79 Å². The highest BCUT2D eigenvalue weighted by Crippen LogP contribution is 2.21. The van der Waals surface area contributed by atoms with Crippen LogP contribution in [0.15, 0.2) is 22.0 Å². The number of hydrogen-bond acceptors (Lipinski definition) is 6. The molecule has 0 spiro atoms. The second-order valence-corrected chi connectivity index (χ2v) is 5.78. The van der Waals surface area contributed by atoms with E-state index in [0.29, 0.717) is 31.1 Å². The minimum atomic E-state index is -0.780. The summed E-state index contributed by atoms with van der Waals surface area (Å²) in [6.07, 6.45) is 2.03. The van der Waals surface area contributed by atoms with Crippen LogP contribution in [-0.4, -0.2) is 45.8 Å². The Morgan fingerprint density at radius 2 is 2.38 bits per heavy atom. The first-order chi connectivity index (χ1) is 10.1. The third-order valence-corrected chi connectivity index (χ3v) is 4.18. The van der Waals surface area contributed by atoms with E-state index in [4.69, 9.17) is 9.63 Å². The molecular formula is C14H19N3O3S. The van der Waals surface area contributed by atoms with Crippen molar-refractivity contribution in [3.05, 3.63) is 23.4 Å². The molecule has 0 amide bonds. The van der Waals surface area contributed by atoms with Crippen molar-refractivity contribution >= 4 is 17.3 Å². The van der Waals surface area contributed by atoms with E-state index < -0.39 is 12.0 Å². The summed E-state index contributed by atoms with van der Waals surface area (Å²) in [5.41, 5.74) is 0. The van der Waals surface area contributed by atoms with E-state index in [-0.39, 0.29) is 0 Å². The highest BCUT2D eigenvalue weighted by molar-refractivity contribution is 7.13. The van der Waals surface area contributed by atoms with Gasteiger partial charge in [0.25, 0.3) is 0 Å². The van der Waals surface area contributed by atoms with Crippen LogP contribution in [0.4, 0.5) is 0 Å². The van der Waals surface area contributed by atoms with Crippen LogP contribution in [0, 0.1) is 0 Å². The van der Waals surface area contributed by atoms with Gasteiger partial charge in [-0.25, -0.2) is 0 Å². The molecule has 2 rings (SSSR count). The molecule has 0 radical (unpaired) electrons. The van der Waals surface area contributed by atoms with Crippen molar-refractivity contribution in [2.24, 2.45) is 0 Å². The molecule has 114 valence electrons. The summed E-state index contributed by atoms with van der Waals surface area (Å²) < 4.78 is 5.22. The highest BCUT2D eigenvalue weighted by Gasteiger charge is 2.20. The fourth-order valence-electron chi connectivity index (χ4n) is 2.17. The average molecular weight is 309 g/mol. The number of hydrogen-bond donors (Lipinski definition) is 1. The number of rotatable bonds is 8. The minimum absolute atomic E-state index is 0.436. The van der Waals surface area contributed by atoms with Crippen LogP contribution < -0.4 is 0 Å². The minimum Gasteiger partial charge on any atom is -0.480 e. The summed E-state index contributed by atoms with van der Waals surface area (Å²) in [6, 6.07) is 3.46. The molecule has 0 fully saturated rings. The van der Waals surface area contributed by atoms with E-state index >= 15 is 0 Å². The molecule has 2 aromatic heterocycles. The predicted octanol–water partition coefficient (Wildman–Crippen LogP) is 2.53. The number of carbonyl (C=O) groups is 1. The van der Waals surface area contributed by atoms with Crippen LogP contribution in [0.1, 0.15) is 25.7 Å². The molecule has 2 heterocycles. The molecule has 0 aromatic carbocycles. The van der Waals surface area contributed by atoms with Gasteiger partial charge < -0.3 is 9.63 Å². The van der Waals surface area contributed by atoms with Crippen LogP contribution in [-0.2, 0) is 11.2 Å². The molecule has 6 nitrogen and oxygen atoms in total. The zero-order chi connectivity index (χ0) is 15.2. The van der Waals surface area contributed by atoms with E-state index in [2.05, 4.69) is 10.1 Å². The summed E-state index contributed by atoms with van der Waals surface area (Å²) in [6.45, 7) is 2.56. The van der Waals surface area contributed by atoms with Crippen molar-refractivity contribution in [3.8, 4) is 10.7 Å². The molecule has 0 saturated carbocycles. The Morgan fingerprint density at radius 1 is 1.57 bits per heavy atom. The van der Waals surface area contributed by atoms with E-state index in [1.54, 1.807) is 11.3 Å². The van der Waals surface area contributed by atoms with Crippen molar-refractivity contribution in [1.82, 2.24) is 15.0 Å². The zero-order valence-electron chi connectivity index (χ0n) is 12.2. The standard InChI is InChI=1S/C14H19N3O3S/c1-3-10(14(18)19)17(2)8-4-7-12-15-13(16-20-12)11-6-5-9-21-11/h5-6,9-10H,3-4,7-8H2,1-2H3,(H,18,19). The smallest absolute Gasteiger partial charge is 0.320 e. The first kappa shape index (κ1) is 15.7. The Bertz CT molecular complexity index is 568. The van der Waals surface area contributed by atoms with Gasteiger partial charge in [0.1, 0.15) is 6.04 Å². The number of aryl methyl sites for hydroxylation is 1. The summed E-state index contributed by atoms with van der Waals surface area (Å²) in [5.74, 6) is 0.429. The van der Waals surface area contributed by atoms with Crippen LogP contribution in [0.2, 0.25) is 0 Å². The van der Waals surface area contributed by atoms with Crippen molar-refractivity contribution in [1.29, 1.82) is 0 Å². The molecule has 1 atom stereocenters. The zero-order valence-corrected chi connectivity index (χ0v) is 13.0. The molecule has 7 heteroatoms. The molecule has 0 aliphatic heterocycles. The predicted molar refractivity (Wildman–Crippen MR) is 80.3 cm³/mol. The van der Waals surface area contributed by atoms with Gasteiger partial charge >= 0.3 is 5.97 Å². The van der Waals surface area contributed by atoms with Gasteiger partial charge in [0.05, 0.1) is 4.88 Å². The molecule has 0 bridgehead atoms. The lowest BCUT2D eigenvalue weighted by molar-refractivity contribution is -0.142. The van der Waals surface area contributed by atoms with Crippen LogP contribution in [0.25, 0.3) is 10.7 Å². The van der Waals surface area contributed by atoms with Gasteiger partial charge in [0.2, 0.25) is 11.7 Å². The van der Waals surface area contributed by atoms with Gasteiger partial charge in [-0.05, 0) is 37.9 Å². The lowest BCUT2D eigenvalue weighted by atomic mass is 10.2. The van der Waals surface area contributed by atoms with Gasteiger partial charge in [-0.1, -0.05) is 18.1 Å². The normalized spacial score (nSPS) is 12.7. The number of aromatic nitrogens is 2. The molecule has 1 N–H and O–H groups in total. The Hall–Kier alpha value is -1.73. The third-order valence-electron chi connectivity index (χ3n) is 3.31. The Labute approximate surface area is 127 Å². The number of carboxylic acid groups (broad SMARTS) is 1. The third kappa shape index (κ3) is 4.12. The SMILES string of the molecule is CCC(C(=O)O)N(C)CCCc1nc(-c2cccs2)no1. The average Bonchev–Trinajstić information content (AvgIpc) is 3.09. The van der Waals surface area contributed by atoms with Crippen molar-refractivity contribution < 1.29 is 14.4 Å². The van der Waals surface area contributed by atoms with Gasteiger partial charge in [0, 0.05) is 6.42 Å². The van der Waals surface area contributed by atoms with Crippen molar-refractivity contribution in [2.75, 3.05) is 13.6 Å². The van der Waals surface area contributed by atoms with E-state index in [0.717, 1.165) is 11.3 Å². The quantitative estimate of drug-likeness (QED) is 0.807. The van der Waals surface area contributed by atoms with Crippen LogP contribution in [0.3, 0.4) is 0 Å². The van der Waals surface area contributed by atoms with Crippen molar-refractivity contribution in [2.45, 2.75) is 32.2 Å². The van der Waals surface area contributed by atoms with Crippen LogP contribution in [0.5, 0.6) is 0 Å². The fraction of sp³-hybridized carbons (Fsp3) is 0.500. The number of likely N-dealkylation sites (N-methyl/N-ethyl adjacent to an activating group) is 1. The lowest BCUT2D eigenvalue weighted by Gasteiger charge is -2.22. The highest BCUT2D eigenvalue weighted by atomic mass is 32.1. The van der Waals surface area contributed by atoms with E-state index in [1.807, 2.05) is 36.4 Å². The maximum absolute atomic E-state index is 11.1. The summed E-state index contributed by atoms with van der Waals surface area (Å²) in [4.78, 5) is 18.2. The summed E-state index contributed by atoms with van der Waals surface area (Å²) in [7, 11) is 1.83. The Balaban J connectivity index is 1.82. The maximum atomic E-state index is 11.1. The molecular weight excluding hydrogens is 290 g/mol. The molecule has 1 unspecified atom stereocenters. The number of carboxylic acids is 1. The second-order valence-electron chi connectivity index (χ2n) is 4.84. The van der Waals surface area contributed by atoms with Gasteiger partial charge in [-0.3, -0.25) is 9.69 Å².